The summed E-state index contributed by atoms with van der Waals surface area (Å²) in [6.07, 6.45) is 5.28. The molecule has 0 N–H and O–H groups in total. The zero-order chi connectivity index (χ0) is 14.0. The predicted molar refractivity (Wildman–Crippen MR) is 70.6 cm³/mol. The number of hydrogen-bond donors (Lipinski definition) is 0. The first kappa shape index (κ1) is 14.4. The lowest BCUT2D eigenvalue weighted by Crippen LogP contribution is -2.43. The van der Waals surface area contributed by atoms with E-state index in [9.17, 15) is 12.8 Å². The van der Waals surface area contributed by atoms with Crippen LogP contribution in [0.1, 0.15) is 32.6 Å². The molecule has 19 heavy (non-hydrogen) atoms. The smallest absolute Gasteiger partial charge is 0.241 e. The summed E-state index contributed by atoms with van der Waals surface area (Å²) in [5, 5.41) is -0.477. The number of halogens is 1. The van der Waals surface area contributed by atoms with Gasteiger partial charge in [0.1, 0.15) is 0 Å². The van der Waals surface area contributed by atoms with E-state index >= 15 is 0 Å². The number of aromatic nitrogens is 1. The van der Waals surface area contributed by atoms with E-state index < -0.39 is 20.9 Å². The first-order valence-corrected chi connectivity index (χ1v) is 7.97. The lowest BCUT2D eigenvalue weighted by atomic mass is 9.86. The molecule has 0 saturated heterocycles. The quantitative estimate of drug-likeness (QED) is 0.857. The number of sulfonamides is 1. The van der Waals surface area contributed by atoms with Crippen molar-refractivity contribution in [2.24, 2.45) is 5.92 Å². The van der Waals surface area contributed by atoms with Crippen molar-refractivity contribution < 1.29 is 12.8 Å². The summed E-state index contributed by atoms with van der Waals surface area (Å²) >= 11 is 0. The Morgan fingerprint density at radius 2 is 2.05 bits per heavy atom. The second kappa shape index (κ2) is 5.54. The van der Waals surface area contributed by atoms with Crippen LogP contribution in [0.3, 0.4) is 0 Å². The van der Waals surface area contributed by atoms with Crippen LogP contribution in [-0.2, 0) is 10.0 Å². The van der Waals surface area contributed by atoms with Gasteiger partial charge in [0.2, 0.25) is 5.03 Å². The van der Waals surface area contributed by atoms with Crippen molar-refractivity contribution in [2.75, 3.05) is 7.05 Å². The minimum absolute atomic E-state index is 0.0693. The van der Waals surface area contributed by atoms with E-state index in [-0.39, 0.29) is 6.04 Å². The number of nitrogens with zero attached hydrogens (tertiary/aromatic N) is 2. The highest BCUT2D eigenvalue weighted by molar-refractivity contribution is 7.89. The molecule has 1 saturated carbocycles. The molecule has 106 valence electrons. The molecule has 0 aliphatic heterocycles. The molecule has 2 rings (SSSR count). The molecule has 2 unspecified atom stereocenters. The summed E-state index contributed by atoms with van der Waals surface area (Å²) < 4.78 is 39.8. The second-order valence-corrected chi connectivity index (χ2v) is 7.05. The van der Waals surface area contributed by atoms with E-state index in [1.165, 1.54) is 23.6 Å². The van der Waals surface area contributed by atoms with Crippen LogP contribution in [0.5, 0.6) is 0 Å². The van der Waals surface area contributed by atoms with Gasteiger partial charge in [0.05, 0.1) is 0 Å². The van der Waals surface area contributed by atoms with Gasteiger partial charge >= 0.3 is 0 Å². The van der Waals surface area contributed by atoms with Crippen molar-refractivity contribution in [1.29, 1.82) is 0 Å². The van der Waals surface area contributed by atoms with E-state index in [0.29, 0.717) is 5.92 Å². The molecule has 1 aliphatic carbocycles. The zero-order valence-electron chi connectivity index (χ0n) is 11.2. The molecule has 1 aromatic rings. The van der Waals surface area contributed by atoms with Crippen LogP contribution in [0, 0.1) is 11.7 Å². The Hall–Kier alpha value is -1.01. The van der Waals surface area contributed by atoms with Crippen molar-refractivity contribution in [3.63, 3.8) is 0 Å². The third kappa shape index (κ3) is 2.79. The Kier molecular flexibility index (Phi) is 4.20. The average Bonchev–Trinajstić information content (AvgIpc) is 2.39. The molecule has 0 aromatic carbocycles. The summed E-state index contributed by atoms with van der Waals surface area (Å²) in [4.78, 5) is 3.69. The Labute approximate surface area is 113 Å². The minimum Gasteiger partial charge on any atom is -0.241 e. The summed E-state index contributed by atoms with van der Waals surface area (Å²) in [6, 6.07) is 2.44. The summed E-state index contributed by atoms with van der Waals surface area (Å²) in [5.41, 5.74) is 0. The van der Waals surface area contributed by atoms with E-state index in [4.69, 9.17) is 0 Å². The van der Waals surface area contributed by atoms with Gasteiger partial charge in [-0.3, -0.25) is 0 Å². The fourth-order valence-electron chi connectivity index (χ4n) is 2.71. The van der Waals surface area contributed by atoms with Crippen molar-refractivity contribution >= 4 is 10.0 Å². The van der Waals surface area contributed by atoms with Crippen LogP contribution < -0.4 is 0 Å². The number of pyridine rings is 1. The van der Waals surface area contributed by atoms with Crippen molar-refractivity contribution in [1.82, 2.24) is 9.29 Å². The van der Waals surface area contributed by atoms with Crippen LogP contribution in [-0.4, -0.2) is 30.8 Å². The predicted octanol–water partition coefficient (Wildman–Crippen LogP) is 2.42. The first-order chi connectivity index (χ1) is 8.94. The highest BCUT2D eigenvalue weighted by Crippen LogP contribution is 2.30. The van der Waals surface area contributed by atoms with Gasteiger partial charge in [0, 0.05) is 19.3 Å². The molecule has 0 spiro atoms. The maximum Gasteiger partial charge on any atom is 0.263 e. The molecule has 4 nitrogen and oxygen atoms in total. The fourth-order valence-corrected chi connectivity index (χ4v) is 4.16. The maximum absolute atomic E-state index is 13.6. The van der Waals surface area contributed by atoms with Gasteiger partial charge in [-0.15, -0.1) is 0 Å². The van der Waals surface area contributed by atoms with Crippen LogP contribution in [0.2, 0.25) is 0 Å². The SMILES string of the molecule is CC1CCCCC1N(C)S(=O)(=O)c1ncccc1F. The minimum atomic E-state index is -3.85. The molecule has 1 heterocycles. The van der Waals surface area contributed by atoms with E-state index in [1.54, 1.807) is 0 Å². The molecule has 0 bridgehead atoms. The van der Waals surface area contributed by atoms with Crippen LogP contribution >= 0.6 is 0 Å². The zero-order valence-corrected chi connectivity index (χ0v) is 12.0. The third-order valence-electron chi connectivity index (χ3n) is 3.88. The molecule has 2 atom stereocenters. The Morgan fingerprint density at radius 3 is 2.68 bits per heavy atom. The summed E-state index contributed by atoms with van der Waals surface area (Å²) in [6.45, 7) is 2.05. The largest absolute Gasteiger partial charge is 0.263 e. The molecule has 1 aliphatic rings. The Morgan fingerprint density at radius 1 is 1.37 bits per heavy atom. The molecule has 1 aromatic heterocycles. The van der Waals surface area contributed by atoms with Gasteiger partial charge in [-0.1, -0.05) is 19.8 Å². The fraction of sp³-hybridized carbons (Fsp3) is 0.615. The third-order valence-corrected chi connectivity index (χ3v) is 5.70. The van der Waals surface area contributed by atoms with E-state index in [0.717, 1.165) is 31.7 Å². The van der Waals surface area contributed by atoms with Crippen LogP contribution in [0.15, 0.2) is 23.4 Å². The highest BCUT2D eigenvalue weighted by atomic mass is 32.2. The number of rotatable bonds is 3. The topological polar surface area (TPSA) is 50.3 Å². The standard InChI is InChI=1S/C13H19FN2O2S/c1-10-6-3-4-8-12(10)16(2)19(17,18)13-11(14)7-5-9-15-13/h5,7,9-10,12H,3-4,6,8H2,1-2H3. The second-order valence-electron chi connectivity index (χ2n) is 5.14. The van der Waals surface area contributed by atoms with Gasteiger partial charge in [0.25, 0.3) is 10.0 Å². The lowest BCUT2D eigenvalue weighted by molar-refractivity contribution is 0.212. The monoisotopic (exact) mass is 286 g/mol. The summed E-state index contributed by atoms with van der Waals surface area (Å²) in [5.74, 6) is -0.502. The molecule has 0 radical (unpaired) electrons. The van der Waals surface area contributed by atoms with Crippen molar-refractivity contribution in [2.45, 2.75) is 43.7 Å². The van der Waals surface area contributed by atoms with E-state index in [2.05, 4.69) is 4.98 Å². The Balaban J connectivity index is 2.31. The van der Waals surface area contributed by atoms with Crippen LogP contribution in [0.25, 0.3) is 0 Å². The van der Waals surface area contributed by atoms with Crippen LogP contribution in [0.4, 0.5) is 4.39 Å². The highest BCUT2D eigenvalue weighted by Gasteiger charge is 2.35. The van der Waals surface area contributed by atoms with E-state index in [1.807, 2.05) is 6.92 Å². The molecular weight excluding hydrogens is 267 g/mol. The van der Waals surface area contributed by atoms with Gasteiger partial charge in [0.15, 0.2) is 5.82 Å². The lowest BCUT2D eigenvalue weighted by Gasteiger charge is -2.35. The average molecular weight is 286 g/mol. The molecular formula is C13H19FN2O2S. The van der Waals surface area contributed by atoms with Gasteiger partial charge in [-0.2, -0.15) is 4.31 Å². The number of hydrogen-bond acceptors (Lipinski definition) is 3. The van der Waals surface area contributed by atoms with Gasteiger partial charge < -0.3 is 0 Å². The van der Waals surface area contributed by atoms with Crippen molar-refractivity contribution in [3.8, 4) is 0 Å². The molecule has 1 fully saturated rings. The molecule has 0 amide bonds. The summed E-state index contributed by atoms with van der Waals surface area (Å²) in [7, 11) is -2.33. The van der Waals surface area contributed by atoms with Gasteiger partial charge in [-0.05, 0) is 30.9 Å². The first-order valence-electron chi connectivity index (χ1n) is 6.53. The normalized spacial score (nSPS) is 24.6. The van der Waals surface area contributed by atoms with Crippen molar-refractivity contribution in [3.05, 3.63) is 24.1 Å². The maximum atomic E-state index is 13.6. The van der Waals surface area contributed by atoms with Gasteiger partial charge in [-0.25, -0.2) is 17.8 Å². The Bertz CT molecular complexity index is 547. The molecule has 6 heteroatoms.